The maximum absolute atomic E-state index is 12.8. The molecule has 1 fully saturated rings. The van der Waals surface area contributed by atoms with Gasteiger partial charge in [-0.2, -0.15) is 0 Å². The molecule has 1 N–H and O–H groups in total. The first-order chi connectivity index (χ1) is 14.1. The van der Waals surface area contributed by atoms with E-state index in [1.54, 1.807) is 18.2 Å². The summed E-state index contributed by atoms with van der Waals surface area (Å²) in [4.78, 5) is 27.8. The molecule has 0 spiro atoms. The molecule has 0 saturated carbocycles. The molecule has 1 aliphatic rings. The predicted molar refractivity (Wildman–Crippen MR) is 111 cm³/mol. The van der Waals surface area contributed by atoms with Gasteiger partial charge in [-0.3, -0.25) is 14.5 Å². The first kappa shape index (κ1) is 19.2. The molecule has 0 radical (unpaired) electrons. The van der Waals surface area contributed by atoms with E-state index >= 15 is 0 Å². The van der Waals surface area contributed by atoms with E-state index < -0.39 is 0 Å². The number of carbonyl (C=O) groups is 1. The number of fused-ring (bicyclic) bond motifs is 1. The van der Waals surface area contributed by atoms with Gasteiger partial charge in [-0.1, -0.05) is 30.3 Å². The van der Waals surface area contributed by atoms with Crippen molar-refractivity contribution in [2.45, 2.75) is 25.4 Å². The Balaban J connectivity index is 1.40. The van der Waals surface area contributed by atoms with Crippen molar-refractivity contribution in [3.8, 4) is 5.75 Å². The molecule has 0 bridgehead atoms. The van der Waals surface area contributed by atoms with E-state index in [9.17, 15) is 9.59 Å². The van der Waals surface area contributed by atoms with E-state index in [1.807, 2.05) is 18.2 Å². The average molecular weight is 392 g/mol. The van der Waals surface area contributed by atoms with Crippen LogP contribution in [-0.2, 0) is 6.54 Å². The van der Waals surface area contributed by atoms with Crippen LogP contribution >= 0.6 is 0 Å². The van der Waals surface area contributed by atoms with Gasteiger partial charge >= 0.3 is 0 Å². The van der Waals surface area contributed by atoms with E-state index in [-0.39, 0.29) is 22.9 Å². The number of nitrogens with one attached hydrogen (secondary N) is 1. The fourth-order valence-corrected chi connectivity index (χ4v) is 3.73. The standard InChI is InChI=1S/C23H24N2O4/c1-28-18-7-8-21-19(13-18)22(26)20(15-29-21)23(27)24-17-9-11-25(12-10-17)14-16-5-3-2-4-6-16/h2-8,13,15,17H,9-12,14H2,1H3,(H,24,27). The maximum Gasteiger partial charge on any atom is 0.258 e. The van der Waals surface area contributed by atoms with Gasteiger partial charge in [0.2, 0.25) is 5.43 Å². The summed E-state index contributed by atoms with van der Waals surface area (Å²) < 4.78 is 10.7. The Morgan fingerprint density at radius 1 is 1.17 bits per heavy atom. The summed E-state index contributed by atoms with van der Waals surface area (Å²) in [6, 6.07) is 15.4. The third kappa shape index (κ3) is 4.32. The first-order valence-electron chi connectivity index (χ1n) is 9.81. The van der Waals surface area contributed by atoms with Crippen LogP contribution in [0.2, 0.25) is 0 Å². The third-order valence-corrected chi connectivity index (χ3v) is 5.40. The van der Waals surface area contributed by atoms with Gasteiger partial charge in [-0.15, -0.1) is 0 Å². The second kappa shape index (κ2) is 8.49. The minimum Gasteiger partial charge on any atom is -0.497 e. The number of nitrogens with zero attached hydrogens (tertiary/aromatic N) is 1. The van der Waals surface area contributed by atoms with E-state index in [0.29, 0.717) is 16.7 Å². The van der Waals surface area contributed by atoms with E-state index in [1.165, 1.54) is 18.9 Å². The smallest absolute Gasteiger partial charge is 0.258 e. The minimum atomic E-state index is -0.384. The Morgan fingerprint density at radius 2 is 1.93 bits per heavy atom. The van der Waals surface area contributed by atoms with Crippen molar-refractivity contribution in [3.05, 3.63) is 76.1 Å². The van der Waals surface area contributed by atoms with Crippen molar-refractivity contribution in [1.82, 2.24) is 10.2 Å². The average Bonchev–Trinajstić information content (AvgIpc) is 2.76. The molecule has 0 aliphatic carbocycles. The third-order valence-electron chi connectivity index (χ3n) is 5.40. The molecule has 0 unspecified atom stereocenters. The molecule has 1 aliphatic heterocycles. The van der Waals surface area contributed by atoms with Gasteiger partial charge in [0, 0.05) is 25.7 Å². The van der Waals surface area contributed by atoms with Crippen LogP contribution in [0.25, 0.3) is 11.0 Å². The Morgan fingerprint density at radius 3 is 2.66 bits per heavy atom. The highest BCUT2D eigenvalue weighted by molar-refractivity contribution is 5.96. The zero-order valence-corrected chi connectivity index (χ0v) is 16.4. The van der Waals surface area contributed by atoms with Crippen molar-refractivity contribution >= 4 is 16.9 Å². The molecule has 1 saturated heterocycles. The van der Waals surface area contributed by atoms with Crippen LogP contribution in [0, 0.1) is 0 Å². The molecular weight excluding hydrogens is 368 g/mol. The van der Waals surface area contributed by atoms with Crippen molar-refractivity contribution in [2.24, 2.45) is 0 Å². The highest BCUT2D eigenvalue weighted by Crippen LogP contribution is 2.19. The minimum absolute atomic E-state index is 0.0254. The van der Waals surface area contributed by atoms with Gasteiger partial charge in [0.25, 0.3) is 5.91 Å². The molecule has 2 aromatic carbocycles. The summed E-state index contributed by atoms with van der Waals surface area (Å²) in [5, 5.41) is 3.34. The molecule has 0 atom stereocenters. The van der Waals surface area contributed by atoms with E-state index in [4.69, 9.17) is 9.15 Å². The predicted octanol–water partition coefficient (Wildman–Crippen LogP) is 3.20. The molecular formula is C23H24N2O4. The molecule has 6 heteroatoms. The highest BCUT2D eigenvalue weighted by atomic mass is 16.5. The summed E-state index contributed by atoms with van der Waals surface area (Å²) in [6.45, 7) is 2.73. The van der Waals surface area contributed by atoms with Crippen LogP contribution in [0.15, 0.2) is 64.0 Å². The van der Waals surface area contributed by atoms with Crippen LogP contribution in [0.3, 0.4) is 0 Å². The Labute approximate surface area is 169 Å². The van der Waals surface area contributed by atoms with Crippen molar-refractivity contribution < 1.29 is 13.9 Å². The summed E-state index contributed by atoms with van der Waals surface area (Å²) >= 11 is 0. The van der Waals surface area contributed by atoms with Crippen LogP contribution in [-0.4, -0.2) is 37.0 Å². The number of amides is 1. The number of ether oxygens (including phenoxy) is 1. The summed E-state index contributed by atoms with van der Waals surface area (Å²) in [5.74, 6) is 0.165. The summed E-state index contributed by atoms with van der Waals surface area (Å²) in [7, 11) is 1.53. The Bertz CT molecular complexity index is 1050. The van der Waals surface area contributed by atoms with Gasteiger partial charge in [-0.25, -0.2) is 0 Å². The lowest BCUT2D eigenvalue weighted by Gasteiger charge is -2.32. The van der Waals surface area contributed by atoms with Gasteiger partial charge in [0.05, 0.1) is 12.5 Å². The Hall–Kier alpha value is -3.12. The summed E-state index contributed by atoms with van der Waals surface area (Å²) in [6.07, 6.45) is 2.95. The molecule has 29 heavy (non-hydrogen) atoms. The Kier molecular flexibility index (Phi) is 5.62. The van der Waals surface area contributed by atoms with Crippen molar-refractivity contribution in [1.29, 1.82) is 0 Å². The van der Waals surface area contributed by atoms with E-state index in [0.717, 1.165) is 32.5 Å². The number of likely N-dealkylation sites (tertiary alicyclic amines) is 1. The number of methoxy groups -OCH3 is 1. The fraction of sp³-hybridized carbons (Fsp3) is 0.304. The first-order valence-corrected chi connectivity index (χ1v) is 9.81. The van der Waals surface area contributed by atoms with Gasteiger partial charge in [0.1, 0.15) is 23.2 Å². The number of carbonyl (C=O) groups excluding carboxylic acids is 1. The van der Waals surface area contributed by atoms with Gasteiger partial charge in [0.15, 0.2) is 0 Å². The van der Waals surface area contributed by atoms with Crippen molar-refractivity contribution in [3.63, 3.8) is 0 Å². The van der Waals surface area contributed by atoms with Gasteiger partial charge < -0.3 is 14.5 Å². The lowest BCUT2D eigenvalue weighted by atomic mass is 10.0. The molecule has 4 rings (SSSR count). The highest BCUT2D eigenvalue weighted by Gasteiger charge is 2.23. The second-order valence-corrected chi connectivity index (χ2v) is 7.35. The van der Waals surface area contributed by atoms with Crippen LogP contribution in [0.1, 0.15) is 28.8 Å². The number of benzene rings is 2. The normalized spacial score (nSPS) is 15.3. The number of hydrogen-bond donors (Lipinski definition) is 1. The summed E-state index contributed by atoms with van der Waals surface area (Å²) in [5.41, 5.74) is 1.40. The molecule has 1 amide bonds. The SMILES string of the molecule is COc1ccc2occ(C(=O)NC3CCN(Cc4ccccc4)CC3)c(=O)c2c1. The maximum atomic E-state index is 12.8. The van der Waals surface area contributed by atoms with Crippen LogP contribution < -0.4 is 15.5 Å². The molecule has 2 heterocycles. The van der Waals surface area contributed by atoms with Crippen molar-refractivity contribution in [2.75, 3.05) is 20.2 Å². The number of hydrogen-bond acceptors (Lipinski definition) is 5. The zero-order valence-electron chi connectivity index (χ0n) is 16.4. The largest absolute Gasteiger partial charge is 0.497 e. The molecule has 3 aromatic rings. The number of rotatable bonds is 5. The van der Waals surface area contributed by atoms with E-state index in [2.05, 4.69) is 22.3 Å². The fourth-order valence-electron chi connectivity index (χ4n) is 3.73. The monoisotopic (exact) mass is 392 g/mol. The molecule has 6 nitrogen and oxygen atoms in total. The molecule has 150 valence electrons. The molecule has 1 aromatic heterocycles. The van der Waals surface area contributed by atoms with Crippen LogP contribution in [0.4, 0.5) is 0 Å². The van der Waals surface area contributed by atoms with Gasteiger partial charge in [-0.05, 0) is 36.6 Å². The quantitative estimate of drug-likeness (QED) is 0.722. The zero-order chi connectivity index (χ0) is 20.2. The van der Waals surface area contributed by atoms with Crippen LogP contribution in [0.5, 0.6) is 5.75 Å². The topological polar surface area (TPSA) is 71.8 Å². The second-order valence-electron chi connectivity index (χ2n) is 7.35. The number of piperidine rings is 1. The lowest BCUT2D eigenvalue weighted by molar-refractivity contribution is 0.0906. The lowest BCUT2D eigenvalue weighted by Crippen LogP contribution is -2.45.